The molecule has 7 nitrogen and oxygen atoms in total. The van der Waals surface area contributed by atoms with Crippen molar-refractivity contribution in [1.82, 2.24) is 25.5 Å². The molecule has 13 heavy (non-hydrogen) atoms. The van der Waals surface area contributed by atoms with Gasteiger partial charge in [0.1, 0.15) is 6.04 Å². The van der Waals surface area contributed by atoms with Gasteiger partial charge in [0.15, 0.2) is 5.82 Å². The van der Waals surface area contributed by atoms with E-state index in [4.69, 9.17) is 5.11 Å². The van der Waals surface area contributed by atoms with Gasteiger partial charge < -0.3 is 5.11 Å². The molecule has 0 radical (unpaired) electrons. The Labute approximate surface area is 74.7 Å². The molecule has 72 valence electrons. The minimum atomic E-state index is -0.899. The third-order valence-corrected chi connectivity index (χ3v) is 1.49. The zero-order chi connectivity index (χ0) is 9.84. The van der Waals surface area contributed by atoms with Crippen molar-refractivity contribution in [3.63, 3.8) is 0 Å². The van der Waals surface area contributed by atoms with Crippen molar-refractivity contribution < 1.29 is 9.90 Å². The molecule has 0 aliphatic rings. The molecule has 0 fully saturated rings. The van der Waals surface area contributed by atoms with Crippen molar-refractivity contribution in [2.24, 2.45) is 7.05 Å². The van der Waals surface area contributed by atoms with Crippen molar-refractivity contribution in [2.45, 2.75) is 19.5 Å². The Balaban J connectivity index is 2.39. The van der Waals surface area contributed by atoms with Gasteiger partial charge in [0.2, 0.25) is 0 Å². The van der Waals surface area contributed by atoms with E-state index in [0.29, 0.717) is 12.4 Å². The number of nitrogens with one attached hydrogen (secondary N) is 1. The molecule has 1 unspecified atom stereocenters. The standard InChI is InChI=1S/C6H11N5O2/c1-4(6(12)13)7-3-5-8-10-11(2)9-5/h4,7H,3H2,1-2H3,(H,12,13). The average molecular weight is 185 g/mol. The fraction of sp³-hybridized carbons (Fsp3) is 0.667. The van der Waals surface area contributed by atoms with Crippen LogP contribution in [0.5, 0.6) is 0 Å². The number of aromatic nitrogens is 4. The lowest BCUT2D eigenvalue weighted by molar-refractivity contribution is -0.139. The fourth-order valence-corrected chi connectivity index (χ4v) is 0.726. The second-order valence-corrected chi connectivity index (χ2v) is 2.64. The molecule has 7 heteroatoms. The maximum absolute atomic E-state index is 10.4. The van der Waals surface area contributed by atoms with Gasteiger partial charge in [-0.1, -0.05) is 0 Å². The molecule has 0 spiro atoms. The molecule has 0 saturated carbocycles. The van der Waals surface area contributed by atoms with Crippen molar-refractivity contribution >= 4 is 5.97 Å². The molecule has 0 aliphatic heterocycles. The molecular formula is C6H11N5O2. The Bertz CT molecular complexity index is 297. The van der Waals surface area contributed by atoms with Gasteiger partial charge >= 0.3 is 5.97 Å². The summed E-state index contributed by atoms with van der Waals surface area (Å²) >= 11 is 0. The van der Waals surface area contributed by atoms with Crippen LogP contribution in [0.15, 0.2) is 0 Å². The third kappa shape index (κ3) is 2.79. The zero-order valence-corrected chi connectivity index (χ0v) is 7.43. The number of rotatable bonds is 4. The van der Waals surface area contributed by atoms with Gasteiger partial charge in [-0.15, -0.1) is 10.2 Å². The van der Waals surface area contributed by atoms with Crippen LogP contribution in [0.1, 0.15) is 12.7 Å². The van der Waals surface area contributed by atoms with E-state index in [1.165, 1.54) is 4.80 Å². The van der Waals surface area contributed by atoms with Crippen LogP contribution in [-0.4, -0.2) is 37.3 Å². The number of aliphatic carboxylic acids is 1. The van der Waals surface area contributed by atoms with Gasteiger partial charge in [0.25, 0.3) is 0 Å². The van der Waals surface area contributed by atoms with E-state index in [1.807, 2.05) is 0 Å². The lowest BCUT2D eigenvalue weighted by Gasteiger charge is -2.05. The number of carboxylic acids is 1. The Hall–Kier alpha value is -1.50. The van der Waals surface area contributed by atoms with Crippen LogP contribution >= 0.6 is 0 Å². The Morgan fingerprint density at radius 2 is 2.46 bits per heavy atom. The minimum absolute atomic E-state index is 0.307. The highest BCUT2D eigenvalue weighted by atomic mass is 16.4. The van der Waals surface area contributed by atoms with Crippen LogP contribution in [0.3, 0.4) is 0 Å². The summed E-state index contributed by atoms with van der Waals surface area (Å²) < 4.78 is 0. The normalized spacial score (nSPS) is 12.8. The average Bonchev–Trinajstić information content (AvgIpc) is 2.47. The minimum Gasteiger partial charge on any atom is -0.480 e. The SMILES string of the molecule is CC(NCc1nnn(C)n1)C(=O)O. The number of carboxylic acid groups (broad SMARTS) is 1. The highest BCUT2D eigenvalue weighted by molar-refractivity contribution is 5.72. The first-order chi connectivity index (χ1) is 6.09. The molecular weight excluding hydrogens is 174 g/mol. The predicted octanol–water partition coefficient (Wildman–Crippen LogP) is -1.23. The first-order valence-electron chi connectivity index (χ1n) is 3.78. The lowest BCUT2D eigenvalue weighted by Crippen LogP contribution is -2.33. The number of hydrogen-bond acceptors (Lipinski definition) is 5. The van der Waals surface area contributed by atoms with E-state index in [9.17, 15) is 4.79 Å². The third-order valence-electron chi connectivity index (χ3n) is 1.49. The van der Waals surface area contributed by atoms with E-state index in [2.05, 4.69) is 20.7 Å². The van der Waals surface area contributed by atoms with Gasteiger partial charge in [0.05, 0.1) is 13.6 Å². The molecule has 1 aromatic heterocycles. The van der Waals surface area contributed by atoms with E-state index in [0.717, 1.165) is 0 Å². The van der Waals surface area contributed by atoms with Gasteiger partial charge in [0, 0.05) is 0 Å². The van der Waals surface area contributed by atoms with E-state index in [-0.39, 0.29) is 0 Å². The molecule has 1 rings (SSSR count). The fourth-order valence-electron chi connectivity index (χ4n) is 0.726. The molecule has 0 saturated heterocycles. The van der Waals surface area contributed by atoms with Crippen LogP contribution in [0.4, 0.5) is 0 Å². The van der Waals surface area contributed by atoms with Crippen LogP contribution in [0.2, 0.25) is 0 Å². The summed E-state index contributed by atoms with van der Waals surface area (Å²) in [5, 5.41) is 22.5. The molecule has 2 N–H and O–H groups in total. The first-order valence-corrected chi connectivity index (χ1v) is 3.78. The maximum Gasteiger partial charge on any atom is 0.320 e. The van der Waals surface area contributed by atoms with Crippen LogP contribution in [0.25, 0.3) is 0 Å². The summed E-state index contributed by atoms with van der Waals surface area (Å²) in [5.41, 5.74) is 0. The Morgan fingerprint density at radius 1 is 1.77 bits per heavy atom. The van der Waals surface area contributed by atoms with Gasteiger partial charge in [-0.3, -0.25) is 10.1 Å². The van der Waals surface area contributed by atoms with E-state index >= 15 is 0 Å². The predicted molar refractivity (Wildman–Crippen MR) is 42.7 cm³/mol. The number of hydrogen-bond donors (Lipinski definition) is 2. The summed E-state index contributed by atoms with van der Waals surface area (Å²) in [6.45, 7) is 1.86. The molecule has 0 aliphatic carbocycles. The summed E-state index contributed by atoms with van der Waals surface area (Å²) in [6.07, 6.45) is 0. The molecule has 1 atom stereocenters. The summed E-state index contributed by atoms with van der Waals surface area (Å²) in [6, 6.07) is -0.608. The van der Waals surface area contributed by atoms with Crippen LogP contribution < -0.4 is 5.32 Å². The summed E-state index contributed by atoms with van der Waals surface area (Å²) in [7, 11) is 1.65. The number of aryl methyl sites for hydroxylation is 1. The summed E-state index contributed by atoms with van der Waals surface area (Å²) in [5.74, 6) is -0.417. The Morgan fingerprint density at radius 3 is 2.92 bits per heavy atom. The zero-order valence-electron chi connectivity index (χ0n) is 7.43. The topological polar surface area (TPSA) is 92.9 Å². The van der Waals surface area contributed by atoms with Crippen molar-refractivity contribution in [1.29, 1.82) is 0 Å². The maximum atomic E-state index is 10.4. The van der Waals surface area contributed by atoms with Crippen molar-refractivity contribution in [3.05, 3.63) is 5.82 Å². The molecule has 1 heterocycles. The molecule has 0 bridgehead atoms. The Kier molecular flexibility index (Phi) is 2.91. The molecule has 0 aromatic carbocycles. The highest BCUT2D eigenvalue weighted by Gasteiger charge is 2.10. The molecule has 1 aromatic rings. The second kappa shape index (κ2) is 3.94. The van der Waals surface area contributed by atoms with Crippen LogP contribution in [0, 0.1) is 0 Å². The van der Waals surface area contributed by atoms with Gasteiger partial charge in [-0.05, 0) is 12.1 Å². The van der Waals surface area contributed by atoms with E-state index in [1.54, 1.807) is 14.0 Å². The number of carbonyl (C=O) groups is 1. The molecule has 0 amide bonds. The first kappa shape index (κ1) is 9.59. The lowest BCUT2D eigenvalue weighted by atomic mass is 10.3. The highest BCUT2D eigenvalue weighted by Crippen LogP contribution is 1.87. The van der Waals surface area contributed by atoms with Crippen LogP contribution in [-0.2, 0) is 18.4 Å². The smallest absolute Gasteiger partial charge is 0.320 e. The van der Waals surface area contributed by atoms with E-state index < -0.39 is 12.0 Å². The van der Waals surface area contributed by atoms with Crippen molar-refractivity contribution in [2.75, 3.05) is 0 Å². The van der Waals surface area contributed by atoms with Crippen molar-refractivity contribution in [3.8, 4) is 0 Å². The number of tetrazole rings is 1. The second-order valence-electron chi connectivity index (χ2n) is 2.64. The van der Waals surface area contributed by atoms with Gasteiger partial charge in [-0.25, -0.2) is 0 Å². The van der Waals surface area contributed by atoms with Gasteiger partial charge in [-0.2, -0.15) is 4.80 Å². The largest absolute Gasteiger partial charge is 0.480 e. The number of nitrogens with zero attached hydrogens (tertiary/aromatic N) is 4. The monoisotopic (exact) mass is 185 g/mol. The summed E-state index contributed by atoms with van der Waals surface area (Å²) in [4.78, 5) is 11.7. The quantitative estimate of drug-likeness (QED) is 0.610.